The highest BCUT2D eigenvalue weighted by Gasteiger charge is 2.41. The molecule has 4 heteroatoms. The Kier molecular flexibility index (Phi) is 5.42. The van der Waals surface area contributed by atoms with E-state index in [0.29, 0.717) is 25.7 Å². The zero-order valence-electron chi connectivity index (χ0n) is 11.4. The average molecular weight is 258 g/mol. The van der Waals surface area contributed by atoms with E-state index < -0.39 is 0 Å². The second-order valence-corrected chi connectivity index (χ2v) is 5.42. The fourth-order valence-corrected chi connectivity index (χ4v) is 3.09. The van der Waals surface area contributed by atoms with E-state index >= 15 is 0 Å². The van der Waals surface area contributed by atoms with Crippen molar-refractivity contribution >= 4 is 0 Å². The molecular weight excluding hydrogens is 232 g/mol. The Morgan fingerprint density at radius 3 is 2.39 bits per heavy atom. The first-order chi connectivity index (χ1) is 8.77. The average Bonchev–Trinajstić information content (AvgIpc) is 2.41. The van der Waals surface area contributed by atoms with Gasteiger partial charge in [-0.15, -0.1) is 0 Å². The summed E-state index contributed by atoms with van der Waals surface area (Å²) < 4.78 is 16.7. The minimum absolute atomic E-state index is 0.370. The zero-order chi connectivity index (χ0) is 12.8. The molecule has 2 fully saturated rings. The number of rotatable bonds is 5. The van der Waals surface area contributed by atoms with Crippen molar-refractivity contribution < 1.29 is 19.3 Å². The maximum Gasteiger partial charge on any atom is 0.0983 e. The molecule has 1 atom stereocenters. The molecule has 1 N–H and O–H groups in total. The lowest BCUT2D eigenvalue weighted by molar-refractivity contribution is -0.171. The zero-order valence-corrected chi connectivity index (χ0v) is 11.4. The largest absolute Gasteiger partial charge is 0.390 e. The smallest absolute Gasteiger partial charge is 0.0983 e. The molecule has 2 aliphatic rings. The van der Waals surface area contributed by atoms with Gasteiger partial charge >= 0.3 is 0 Å². The first kappa shape index (κ1) is 14.3. The normalized spacial score (nSPS) is 27.0. The predicted molar refractivity (Wildman–Crippen MR) is 68.6 cm³/mol. The summed E-state index contributed by atoms with van der Waals surface area (Å²) in [4.78, 5) is 0. The van der Waals surface area contributed by atoms with Crippen molar-refractivity contribution in [2.75, 3.05) is 33.0 Å². The highest BCUT2D eigenvalue weighted by atomic mass is 16.5. The Balaban J connectivity index is 1.91. The Labute approximate surface area is 110 Å². The molecule has 0 radical (unpaired) electrons. The van der Waals surface area contributed by atoms with Crippen molar-refractivity contribution in [3.05, 3.63) is 0 Å². The fraction of sp³-hybridized carbons (Fsp3) is 1.00. The lowest BCUT2D eigenvalue weighted by Gasteiger charge is -2.42. The minimum Gasteiger partial charge on any atom is -0.390 e. The number of aliphatic hydroxyl groups is 1. The summed E-state index contributed by atoms with van der Waals surface area (Å²) in [6.45, 7) is 5.73. The lowest BCUT2D eigenvalue weighted by atomic mass is 9.81. The third-order valence-corrected chi connectivity index (χ3v) is 4.28. The minimum atomic E-state index is -0.371. The van der Waals surface area contributed by atoms with Crippen LogP contribution in [0.15, 0.2) is 0 Å². The first-order valence-corrected chi connectivity index (χ1v) is 7.24. The summed E-state index contributed by atoms with van der Waals surface area (Å²) in [7, 11) is 0. The van der Waals surface area contributed by atoms with E-state index in [-0.39, 0.29) is 11.7 Å². The van der Waals surface area contributed by atoms with Gasteiger partial charge in [0.2, 0.25) is 0 Å². The maximum absolute atomic E-state index is 10.6. The van der Waals surface area contributed by atoms with Gasteiger partial charge in [0, 0.05) is 45.9 Å². The molecule has 4 nitrogen and oxygen atoms in total. The SMILES string of the molecule is CCOC1(C(O)CC2CCOCC2)CCOCC1. The van der Waals surface area contributed by atoms with E-state index in [9.17, 15) is 5.11 Å². The molecule has 0 aromatic rings. The molecule has 2 saturated heterocycles. The topological polar surface area (TPSA) is 47.9 Å². The van der Waals surface area contributed by atoms with Gasteiger partial charge in [-0.25, -0.2) is 0 Å². The van der Waals surface area contributed by atoms with Crippen molar-refractivity contribution in [2.45, 2.75) is 50.7 Å². The van der Waals surface area contributed by atoms with Crippen LogP contribution in [-0.4, -0.2) is 49.8 Å². The standard InChI is InChI=1S/C14H26O4/c1-2-18-14(5-9-17-10-6-14)13(15)11-12-3-7-16-8-4-12/h12-13,15H,2-11H2,1H3. The molecule has 2 rings (SSSR count). The molecule has 2 aliphatic heterocycles. The van der Waals surface area contributed by atoms with E-state index in [1.807, 2.05) is 6.92 Å². The molecule has 0 aromatic carbocycles. The summed E-state index contributed by atoms with van der Waals surface area (Å²) in [5.74, 6) is 0.578. The Morgan fingerprint density at radius 2 is 1.78 bits per heavy atom. The van der Waals surface area contributed by atoms with Gasteiger partial charge < -0.3 is 19.3 Å². The Hall–Kier alpha value is -0.160. The molecule has 0 spiro atoms. The highest BCUT2D eigenvalue weighted by Crippen LogP contribution is 2.33. The van der Waals surface area contributed by atoms with Gasteiger partial charge in [-0.3, -0.25) is 0 Å². The summed E-state index contributed by atoms with van der Waals surface area (Å²) in [6.07, 6.45) is 4.22. The van der Waals surface area contributed by atoms with Gasteiger partial charge in [0.1, 0.15) is 0 Å². The molecule has 1 unspecified atom stereocenters. The number of hydrogen-bond donors (Lipinski definition) is 1. The van der Waals surface area contributed by atoms with E-state index in [2.05, 4.69) is 0 Å². The Morgan fingerprint density at radius 1 is 1.17 bits per heavy atom. The van der Waals surface area contributed by atoms with Crippen molar-refractivity contribution in [3.63, 3.8) is 0 Å². The molecule has 0 aliphatic carbocycles. The van der Waals surface area contributed by atoms with Crippen LogP contribution in [0.25, 0.3) is 0 Å². The van der Waals surface area contributed by atoms with Gasteiger partial charge in [-0.1, -0.05) is 0 Å². The molecule has 18 heavy (non-hydrogen) atoms. The first-order valence-electron chi connectivity index (χ1n) is 7.24. The van der Waals surface area contributed by atoms with E-state index in [4.69, 9.17) is 14.2 Å². The summed E-state index contributed by atoms with van der Waals surface area (Å²) in [5, 5.41) is 10.6. The third-order valence-electron chi connectivity index (χ3n) is 4.28. The third kappa shape index (κ3) is 3.44. The van der Waals surface area contributed by atoms with E-state index in [0.717, 1.165) is 45.3 Å². The van der Waals surface area contributed by atoms with Crippen molar-refractivity contribution in [2.24, 2.45) is 5.92 Å². The summed E-state index contributed by atoms with van der Waals surface area (Å²) >= 11 is 0. The van der Waals surface area contributed by atoms with Gasteiger partial charge in [0.05, 0.1) is 11.7 Å². The predicted octanol–water partition coefficient (Wildman–Crippen LogP) is 1.75. The number of aliphatic hydroxyl groups excluding tert-OH is 1. The molecule has 2 heterocycles. The summed E-state index contributed by atoms with van der Waals surface area (Å²) in [6, 6.07) is 0. The second kappa shape index (κ2) is 6.85. The van der Waals surface area contributed by atoms with Gasteiger partial charge in [-0.05, 0) is 32.1 Å². The van der Waals surface area contributed by atoms with Crippen LogP contribution < -0.4 is 0 Å². The molecule has 0 aromatic heterocycles. The van der Waals surface area contributed by atoms with Gasteiger partial charge in [-0.2, -0.15) is 0 Å². The highest BCUT2D eigenvalue weighted by molar-refractivity contribution is 4.92. The molecule has 0 amide bonds. The van der Waals surface area contributed by atoms with Crippen LogP contribution in [0.2, 0.25) is 0 Å². The number of ether oxygens (including phenoxy) is 3. The second-order valence-electron chi connectivity index (χ2n) is 5.42. The van der Waals surface area contributed by atoms with Gasteiger partial charge in [0.25, 0.3) is 0 Å². The van der Waals surface area contributed by atoms with Crippen molar-refractivity contribution in [3.8, 4) is 0 Å². The van der Waals surface area contributed by atoms with Crippen LogP contribution in [0.1, 0.15) is 39.0 Å². The van der Waals surface area contributed by atoms with Crippen LogP contribution in [0.4, 0.5) is 0 Å². The van der Waals surface area contributed by atoms with Crippen LogP contribution >= 0.6 is 0 Å². The van der Waals surface area contributed by atoms with Crippen LogP contribution in [-0.2, 0) is 14.2 Å². The number of hydrogen-bond acceptors (Lipinski definition) is 4. The maximum atomic E-state index is 10.6. The monoisotopic (exact) mass is 258 g/mol. The fourth-order valence-electron chi connectivity index (χ4n) is 3.09. The van der Waals surface area contributed by atoms with Crippen LogP contribution in [0, 0.1) is 5.92 Å². The van der Waals surface area contributed by atoms with Gasteiger partial charge in [0.15, 0.2) is 0 Å². The van der Waals surface area contributed by atoms with Crippen LogP contribution in [0.3, 0.4) is 0 Å². The van der Waals surface area contributed by atoms with Crippen molar-refractivity contribution in [1.29, 1.82) is 0 Å². The molecule has 0 saturated carbocycles. The molecular formula is C14H26O4. The van der Waals surface area contributed by atoms with E-state index in [1.165, 1.54) is 0 Å². The van der Waals surface area contributed by atoms with Crippen LogP contribution in [0.5, 0.6) is 0 Å². The quantitative estimate of drug-likeness (QED) is 0.816. The molecule has 106 valence electrons. The Bertz CT molecular complexity index is 226. The molecule has 0 bridgehead atoms. The van der Waals surface area contributed by atoms with Crippen molar-refractivity contribution in [1.82, 2.24) is 0 Å². The summed E-state index contributed by atoms with van der Waals surface area (Å²) in [5.41, 5.74) is -0.370. The lowest BCUT2D eigenvalue weighted by Crippen LogP contribution is -2.50. The van der Waals surface area contributed by atoms with E-state index in [1.54, 1.807) is 0 Å².